The predicted molar refractivity (Wildman–Crippen MR) is 129 cm³/mol. The quantitative estimate of drug-likeness (QED) is 0.430. The van der Waals surface area contributed by atoms with Crippen LogP contribution in [0.4, 0.5) is 13.2 Å². The summed E-state index contributed by atoms with van der Waals surface area (Å²) < 4.78 is 66.5. The van der Waals surface area contributed by atoms with E-state index >= 15 is 0 Å². The number of hydrogen-bond acceptors (Lipinski definition) is 6. The van der Waals surface area contributed by atoms with Gasteiger partial charge in [-0.1, -0.05) is 48.2 Å². The highest BCUT2D eigenvalue weighted by molar-refractivity contribution is 7.98. The second kappa shape index (κ2) is 11.6. The van der Waals surface area contributed by atoms with Crippen molar-refractivity contribution in [3.05, 3.63) is 54.1 Å². The summed E-state index contributed by atoms with van der Waals surface area (Å²) in [6.07, 6.45) is -2.13. The maximum absolute atomic E-state index is 14.4. The first-order valence-corrected chi connectivity index (χ1v) is 13.4. The first-order valence-electron chi connectivity index (χ1n) is 10.1. The average Bonchev–Trinajstić information content (AvgIpc) is 2.79. The second-order valence-electron chi connectivity index (χ2n) is 7.45. The molecule has 2 rings (SSSR count). The SMILES string of the molecule is CSCC#C[C@](NCC(=O)NCC(N)=O)(c1ccc(-c2ccc(S(C)(=O)=O)cc2)cc1)C(F)(F)F. The molecule has 0 saturated heterocycles. The van der Waals surface area contributed by atoms with E-state index in [1.807, 2.05) is 0 Å². The number of carbonyl (C=O) groups is 2. The highest BCUT2D eigenvalue weighted by Gasteiger charge is 2.55. The monoisotopic (exact) mass is 527 g/mol. The van der Waals surface area contributed by atoms with Gasteiger partial charge in [-0.3, -0.25) is 14.9 Å². The van der Waals surface area contributed by atoms with Crippen LogP contribution in [0, 0.1) is 11.8 Å². The van der Waals surface area contributed by atoms with Crippen molar-refractivity contribution < 1.29 is 31.2 Å². The van der Waals surface area contributed by atoms with E-state index in [-0.39, 0.29) is 16.2 Å². The number of amides is 2. The van der Waals surface area contributed by atoms with E-state index in [9.17, 15) is 31.2 Å². The Labute approximate surface area is 206 Å². The van der Waals surface area contributed by atoms with E-state index in [1.165, 1.54) is 48.2 Å². The van der Waals surface area contributed by atoms with Crippen LogP contribution in [0.2, 0.25) is 0 Å². The summed E-state index contributed by atoms with van der Waals surface area (Å²) in [4.78, 5) is 22.9. The molecule has 2 aromatic rings. The summed E-state index contributed by atoms with van der Waals surface area (Å²) >= 11 is 1.24. The largest absolute Gasteiger partial charge is 0.422 e. The predicted octanol–water partition coefficient (Wildman–Crippen LogP) is 2.07. The summed E-state index contributed by atoms with van der Waals surface area (Å²) in [7, 11) is -3.39. The number of sulfone groups is 1. The number of rotatable bonds is 9. The van der Waals surface area contributed by atoms with E-state index in [1.54, 1.807) is 18.4 Å². The molecule has 0 aliphatic carbocycles. The second-order valence-corrected chi connectivity index (χ2v) is 10.3. The van der Waals surface area contributed by atoms with Crippen LogP contribution in [-0.2, 0) is 25.0 Å². The number of alkyl halides is 3. The van der Waals surface area contributed by atoms with Crippen molar-refractivity contribution in [2.75, 3.05) is 31.4 Å². The van der Waals surface area contributed by atoms with Crippen molar-refractivity contribution in [3.63, 3.8) is 0 Å². The number of primary amides is 1. The topological polar surface area (TPSA) is 118 Å². The lowest BCUT2D eigenvalue weighted by atomic mass is 9.88. The smallest absolute Gasteiger partial charge is 0.368 e. The number of nitrogens with two attached hydrogens (primary N) is 1. The van der Waals surface area contributed by atoms with Crippen molar-refractivity contribution in [1.82, 2.24) is 10.6 Å². The third kappa shape index (κ3) is 7.48. The molecule has 0 aliphatic heterocycles. The lowest BCUT2D eigenvalue weighted by molar-refractivity contribution is -0.182. The number of halogens is 3. The molecule has 12 heteroatoms. The van der Waals surface area contributed by atoms with Gasteiger partial charge in [-0.2, -0.15) is 24.9 Å². The molecular weight excluding hydrogens is 503 g/mol. The molecule has 2 aromatic carbocycles. The molecule has 2 amide bonds. The minimum Gasteiger partial charge on any atom is -0.368 e. The number of nitrogens with one attached hydrogen (secondary N) is 2. The van der Waals surface area contributed by atoms with E-state index in [4.69, 9.17) is 5.73 Å². The third-order valence-corrected chi connectivity index (χ3v) is 6.39. The molecule has 0 aromatic heterocycles. The zero-order valence-electron chi connectivity index (χ0n) is 18.9. The first kappa shape index (κ1) is 28.2. The van der Waals surface area contributed by atoms with E-state index in [2.05, 4.69) is 22.5 Å². The van der Waals surface area contributed by atoms with Gasteiger partial charge in [0, 0.05) is 6.26 Å². The zero-order chi connectivity index (χ0) is 26.3. The summed E-state index contributed by atoms with van der Waals surface area (Å²) in [5, 5.41) is 4.35. The Morgan fingerprint density at radius 3 is 2.00 bits per heavy atom. The Kier molecular flexibility index (Phi) is 9.37. The van der Waals surface area contributed by atoms with Gasteiger partial charge < -0.3 is 11.1 Å². The van der Waals surface area contributed by atoms with Gasteiger partial charge in [-0.05, 0) is 35.1 Å². The molecule has 0 bridgehead atoms. The molecular formula is C23H24F3N3O4S2. The Balaban J connectivity index is 2.44. The number of hydrogen-bond donors (Lipinski definition) is 3. The first-order chi connectivity index (χ1) is 16.3. The Hall–Kier alpha value is -3.01. The average molecular weight is 528 g/mol. The molecule has 0 saturated carbocycles. The van der Waals surface area contributed by atoms with Crippen molar-refractivity contribution in [2.45, 2.75) is 16.6 Å². The van der Waals surface area contributed by atoms with E-state index < -0.39 is 46.5 Å². The number of benzene rings is 2. The molecule has 4 N–H and O–H groups in total. The van der Waals surface area contributed by atoms with Crippen molar-refractivity contribution in [2.24, 2.45) is 5.73 Å². The van der Waals surface area contributed by atoms with Crippen LogP contribution in [0.25, 0.3) is 11.1 Å². The fourth-order valence-corrected chi connectivity index (χ4v) is 3.91. The molecule has 188 valence electrons. The third-order valence-electron chi connectivity index (χ3n) is 4.83. The van der Waals surface area contributed by atoms with Gasteiger partial charge in [0.15, 0.2) is 9.84 Å². The molecule has 0 spiro atoms. The summed E-state index contributed by atoms with van der Waals surface area (Å²) in [5.74, 6) is 3.19. The van der Waals surface area contributed by atoms with Crippen LogP contribution in [0.15, 0.2) is 53.4 Å². The van der Waals surface area contributed by atoms with Crippen LogP contribution in [0.5, 0.6) is 0 Å². The number of thioether (sulfide) groups is 1. The normalized spacial score (nSPS) is 13.3. The molecule has 0 unspecified atom stereocenters. The van der Waals surface area contributed by atoms with Crippen molar-refractivity contribution >= 4 is 33.4 Å². The van der Waals surface area contributed by atoms with E-state index in [0.29, 0.717) is 11.1 Å². The number of carbonyl (C=O) groups excluding carboxylic acids is 2. The molecule has 0 fully saturated rings. The Morgan fingerprint density at radius 1 is 1.00 bits per heavy atom. The van der Waals surface area contributed by atoms with Gasteiger partial charge in [-0.25, -0.2) is 8.42 Å². The summed E-state index contributed by atoms with van der Waals surface area (Å²) in [6, 6.07) is 11.3. The van der Waals surface area contributed by atoms with Gasteiger partial charge in [0.05, 0.1) is 23.7 Å². The van der Waals surface area contributed by atoms with Gasteiger partial charge in [0.1, 0.15) is 0 Å². The molecule has 0 heterocycles. The minimum atomic E-state index is -4.90. The maximum atomic E-state index is 14.4. The zero-order valence-corrected chi connectivity index (χ0v) is 20.5. The lowest BCUT2D eigenvalue weighted by Gasteiger charge is -2.32. The van der Waals surface area contributed by atoms with Gasteiger partial charge in [-0.15, -0.1) is 0 Å². The van der Waals surface area contributed by atoms with Crippen LogP contribution in [0.3, 0.4) is 0 Å². The van der Waals surface area contributed by atoms with Gasteiger partial charge >= 0.3 is 6.18 Å². The molecule has 0 radical (unpaired) electrons. The van der Waals surface area contributed by atoms with Crippen LogP contribution >= 0.6 is 11.8 Å². The minimum absolute atomic E-state index is 0.122. The van der Waals surface area contributed by atoms with Crippen LogP contribution < -0.4 is 16.4 Å². The lowest BCUT2D eigenvalue weighted by Crippen LogP contribution is -2.55. The Morgan fingerprint density at radius 2 is 1.54 bits per heavy atom. The summed E-state index contributed by atoms with van der Waals surface area (Å²) in [5.41, 5.74) is 3.02. The maximum Gasteiger partial charge on any atom is 0.422 e. The van der Waals surface area contributed by atoms with Crippen molar-refractivity contribution in [3.8, 4) is 23.0 Å². The standard InChI is InChI=1S/C23H24F3N3O4S2/c1-34-13-3-12-22(23(24,25)26,29-15-21(31)28-14-20(27)30)18-8-4-16(5-9-18)17-6-10-19(11-7-17)35(2,32)33/h4-11,29H,13-15H2,1-2H3,(H2,27,30)(H,28,31)/t22-/m0/s1. The fraction of sp³-hybridized carbons (Fsp3) is 0.304. The highest BCUT2D eigenvalue weighted by Crippen LogP contribution is 2.39. The fourth-order valence-electron chi connectivity index (χ4n) is 3.06. The summed E-state index contributed by atoms with van der Waals surface area (Å²) in [6.45, 7) is -1.28. The molecule has 1 atom stereocenters. The van der Waals surface area contributed by atoms with Crippen LogP contribution in [0.1, 0.15) is 5.56 Å². The highest BCUT2D eigenvalue weighted by atomic mass is 32.2. The van der Waals surface area contributed by atoms with Crippen LogP contribution in [-0.4, -0.2) is 57.8 Å². The molecule has 7 nitrogen and oxygen atoms in total. The van der Waals surface area contributed by atoms with Crippen molar-refractivity contribution in [1.29, 1.82) is 0 Å². The molecule has 0 aliphatic rings. The van der Waals surface area contributed by atoms with Gasteiger partial charge in [0.2, 0.25) is 17.4 Å². The Bertz CT molecular complexity index is 1220. The molecule has 35 heavy (non-hydrogen) atoms. The van der Waals surface area contributed by atoms with Gasteiger partial charge in [0.25, 0.3) is 0 Å². The van der Waals surface area contributed by atoms with E-state index in [0.717, 1.165) is 6.26 Å².